The number of aromatic nitrogens is 3. The Labute approximate surface area is 136 Å². The zero-order valence-electron chi connectivity index (χ0n) is 13.4. The number of aromatic amines is 1. The van der Waals surface area contributed by atoms with Crippen LogP contribution >= 0.6 is 11.8 Å². The number of carbonyl (C=O) groups is 1. The van der Waals surface area contributed by atoms with E-state index in [9.17, 15) is 4.79 Å². The van der Waals surface area contributed by atoms with Gasteiger partial charge in [-0.1, -0.05) is 37.4 Å². The maximum atomic E-state index is 11.8. The number of rotatable bonds is 9. The van der Waals surface area contributed by atoms with Gasteiger partial charge in [-0.05, 0) is 19.3 Å². The molecule has 1 saturated carbocycles. The molecule has 1 aliphatic carbocycles. The van der Waals surface area contributed by atoms with Crippen LogP contribution in [-0.2, 0) is 16.0 Å². The summed E-state index contributed by atoms with van der Waals surface area (Å²) in [6, 6.07) is 0.0206. The maximum Gasteiger partial charge on any atom is 0.230 e. The van der Waals surface area contributed by atoms with Gasteiger partial charge < -0.3 is 10.1 Å². The minimum atomic E-state index is -0.0214. The number of amides is 1. The van der Waals surface area contributed by atoms with Gasteiger partial charge in [-0.25, -0.2) is 4.98 Å². The molecule has 0 radical (unpaired) electrons. The minimum absolute atomic E-state index is 0.0206. The van der Waals surface area contributed by atoms with Crippen molar-refractivity contribution in [2.24, 2.45) is 5.92 Å². The second kappa shape index (κ2) is 9.15. The van der Waals surface area contributed by atoms with Crippen LogP contribution in [0.1, 0.15) is 44.9 Å². The highest BCUT2D eigenvalue weighted by Gasteiger charge is 2.16. The summed E-state index contributed by atoms with van der Waals surface area (Å²) in [6.07, 6.45) is 7.60. The maximum absolute atomic E-state index is 11.8. The van der Waals surface area contributed by atoms with Gasteiger partial charge in [-0.3, -0.25) is 9.89 Å². The van der Waals surface area contributed by atoms with Crippen LogP contribution in [0.5, 0.6) is 0 Å². The van der Waals surface area contributed by atoms with E-state index < -0.39 is 0 Å². The second-order valence-corrected chi connectivity index (χ2v) is 6.91. The molecular formula is C15H26N4O2S. The van der Waals surface area contributed by atoms with Crippen LogP contribution in [0.25, 0.3) is 0 Å². The summed E-state index contributed by atoms with van der Waals surface area (Å²) in [5.41, 5.74) is 0. The molecule has 1 amide bonds. The lowest BCUT2D eigenvalue weighted by atomic mass is 10.0. The van der Waals surface area contributed by atoms with Gasteiger partial charge in [0.15, 0.2) is 0 Å². The predicted octanol–water partition coefficient (Wildman–Crippen LogP) is 2.17. The van der Waals surface area contributed by atoms with Crippen molar-refractivity contribution in [3.05, 3.63) is 5.82 Å². The highest BCUT2D eigenvalue weighted by molar-refractivity contribution is 7.99. The standard InChI is InChI=1S/C15H26N4O2S/c1-11(9-21-2)16-14(20)10-22-15-17-13(18-19-15)8-7-12-5-3-4-6-12/h11-12H,3-10H2,1-2H3,(H,16,20)(H,17,18,19). The first-order valence-corrected chi connectivity index (χ1v) is 8.98. The quantitative estimate of drug-likeness (QED) is 0.680. The smallest absolute Gasteiger partial charge is 0.230 e. The Morgan fingerprint density at radius 3 is 3.00 bits per heavy atom. The fourth-order valence-electron chi connectivity index (χ4n) is 2.83. The Kier molecular flexibility index (Phi) is 7.18. The molecule has 1 atom stereocenters. The van der Waals surface area contributed by atoms with Crippen LogP contribution in [0.2, 0.25) is 0 Å². The third kappa shape index (κ3) is 5.96. The van der Waals surface area contributed by atoms with E-state index in [0.29, 0.717) is 17.5 Å². The number of thioether (sulfide) groups is 1. The van der Waals surface area contributed by atoms with Crippen molar-refractivity contribution in [2.75, 3.05) is 19.5 Å². The number of aryl methyl sites for hydroxylation is 1. The number of methoxy groups -OCH3 is 1. The van der Waals surface area contributed by atoms with Crippen molar-refractivity contribution in [2.45, 2.75) is 56.6 Å². The summed E-state index contributed by atoms with van der Waals surface area (Å²) in [4.78, 5) is 16.2. The van der Waals surface area contributed by atoms with Gasteiger partial charge in [0.05, 0.1) is 12.4 Å². The number of nitrogens with one attached hydrogen (secondary N) is 2. The molecule has 2 N–H and O–H groups in total. The van der Waals surface area contributed by atoms with Crippen LogP contribution in [0, 0.1) is 5.92 Å². The summed E-state index contributed by atoms with van der Waals surface area (Å²) < 4.78 is 4.99. The third-order valence-corrected chi connectivity index (χ3v) is 4.78. The van der Waals surface area contributed by atoms with Crippen LogP contribution in [0.15, 0.2) is 5.16 Å². The molecule has 7 heteroatoms. The summed E-state index contributed by atoms with van der Waals surface area (Å²) in [5, 5.41) is 10.7. The number of H-pyrrole nitrogens is 1. The summed E-state index contributed by atoms with van der Waals surface area (Å²) in [5.74, 6) is 2.09. The van der Waals surface area contributed by atoms with E-state index in [0.717, 1.165) is 18.2 Å². The SMILES string of the molecule is COCC(C)NC(=O)CSc1n[nH]c(CCC2CCCC2)n1. The molecule has 1 aromatic heterocycles. The zero-order chi connectivity index (χ0) is 15.8. The van der Waals surface area contributed by atoms with Crippen molar-refractivity contribution in [1.82, 2.24) is 20.5 Å². The lowest BCUT2D eigenvalue weighted by Gasteiger charge is -2.11. The fraction of sp³-hybridized carbons (Fsp3) is 0.800. The number of hydrogen-bond acceptors (Lipinski definition) is 5. The monoisotopic (exact) mass is 326 g/mol. The Balaban J connectivity index is 1.66. The van der Waals surface area contributed by atoms with Gasteiger partial charge in [0.2, 0.25) is 11.1 Å². The molecule has 0 spiro atoms. The first-order valence-electron chi connectivity index (χ1n) is 7.99. The molecule has 1 aromatic rings. The first kappa shape index (κ1) is 17.3. The first-order chi connectivity index (χ1) is 10.7. The van der Waals surface area contributed by atoms with Crippen LogP contribution < -0.4 is 5.32 Å². The van der Waals surface area contributed by atoms with Gasteiger partial charge in [0.1, 0.15) is 5.82 Å². The molecule has 0 aliphatic heterocycles. The minimum Gasteiger partial charge on any atom is -0.383 e. The number of ether oxygens (including phenoxy) is 1. The molecule has 6 nitrogen and oxygen atoms in total. The van der Waals surface area contributed by atoms with Crippen molar-refractivity contribution in [3.63, 3.8) is 0 Å². The molecule has 1 aliphatic rings. The number of nitrogens with zero attached hydrogens (tertiary/aromatic N) is 2. The topological polar surface area (TPSA) is 79.9 Å². The van der Waals surface area contributed by atoms with Crippen molar-refractivity contribution < 1.29 is 9.53 Å². The van der Waals surface area contributed by atoms with E-state index in [-0.39, 0.29) is 11.9 Å². The molecule has 0 aromatic carbocycles. The Morgan fingerprint density at radius 1 is 1.50 bits per heavy atom. The van der Waals surface area contributed by atoms with Crippen molar-refractivity contribution in [1.29, 1.82) is 0 Å². The molecular weight excluding hydrogens is 300 g/mol. The summed E-state index contributed by atoms with van der Waals surface area (Å²) >= 11 is 1.36. The molecule has 124 valence electrons. The fourth-order valence-corrected chi connectivity index (χ4v) is 3.46. The van der Waals surface area contributed by atoms with Gasteiger partial charge >= 0.3 is 0 Å². The average molecular weight is 326 g/mol. The Hall–Kier alpha value is -1.08. The van der Waals surface area contributed by atoms with Crippen molar-refractivity contribution in [3.8, 4) is 0 Å². The van der Waals surface area contributed by atoms with E-state index in [1.54, 1.807) is 7.11 Å². The van der Waals surface area contributed by atoms with Gasteiger partial charge in [-0.15, -0.1) is 5.10 Å². The third-order valence-electron chi connectivity index (χ3n) is 3.93. The highest BCUT2D eigenvalue weighted by Crippen LogP contribution is 2.28. The van der Waals surface area contributed by atoms with Crippen LogP contribution in [0.3, 0.4) is 0 Å². The largest absolute Gasteiger partial charge is 0.383 e. The second-order valence-electron chi connectivity index (χ2n) is 5.97. The average Bonchev–Trinajstić information content (AvgIpc) is 3.15. The van der Waals surface area contributed by atoms with Crippen molar-refractivity contribution >= 4 is 17.7 Å². The highest BCUT2D eigenvalue weighted by atomic mass is 32.2. The van der Waals surface area contributed by atoms with E-state index in [1.165, 1.54) is 43.9 Å². The van der Waals surface area contributed by atoms with E-state index >= 15 is 0 Å². The Morgan fingerprint density at radius 2 is 2.27 bits per heavy atom. The van der Waals surface area contributed by atoms with E-state index in [2.05, 4.69) is 20.5 Å². The molecule has 22 heavy (non-hydrogen) atoms. The normalized spacial score (nSPS) is 16.8. The van der Waals surface area contributed by atoms with E-state index in [4.69, 9.17) is 4.74 Å². The molecule has 1 heterocycles. The van der Waals surface area contributed by atoms with Crippen LogP contribution in [-0.4, -0.2) is 46.6 Å². The summed E-state index contributed by atoms with van der Waals surface area (Å²) in [6.45, 7) is 2.43. The molecule has 1 fully saturated rings. The number of hydrogen-bond donors (Lipinski definition) is 2. The molecule has 2 rings (SSSR count). The number of carbonyl (C=O) groups excluding carboxylic acids is 1. The predicted molar refractivity (Wildman–Crippen MR) is 86.9 cm³/mol. The van der Waals surface area contributed by atoms with Gasteiger partial charge in [-0.2, -0.15) is 0 Å². The molecule has 1 unspecified atom stereocenters. The lowest BCUT2D eigenvalue weighted by Crippen LogP contribution is -2.36. The summed E-state index contributed by atoms with van der Waals surface area (Å²) in [7, 11) is 1.62. The molecule has 0 bridgehead atoms. The lowest BCUT2D eigenvalue weighted by molar-refractivity contribution is -0.119. The van der Waals surface area contributed by atoms with Gasteiger partial charge in [0, 0.05) is 19.6 Å². The van der Waals surface area contributed by atoms with Gasteiger partial charge in [0.25, 0.3) is 0 Å². The zero-order valence-corrected chi connectivity index (χ0v) is 14.2. The van der Waals surface area contributed by atoms with Crippen LogP contribution in [0.4, 0.5) is 0 Å². The Bertz CT molecular complexity index is 460. The molecule has 0 saturated heterocycles. The van der Waals surface area contributed by atoms with E-state index in [1.807, 2.05) is 6.92 Å².